The van der Waals surface area contributed by atoms with Crippen LogP contribution in [0.2, 0.25) is 0 Å². The van der Waals surface area contributed by atoms with E-state index >= 15 is 0 Å². The summed E-state index contributed by atoms with van der Waals surface area (Å²) >= 11 is 1.84. The van der Waals surface area contributed by atoms with Crippen molar-refractivity contribution >= 4 is 11.3 Å². The Morgan fingerprint density at radius 3 is 2.76 bits per heavy atom. The van der Waals surface area contributed by atoms with E-state index < -0.39 is 0 Å². The minimum Gasteiger partial charge on any atom is -0.396 e. The van der Waals surface area contributed by atoms with Gasteiger partial charge in [-0.1, -0.05) is 18.9 Å². The number of aliphatic hydroxyl groups is 1. The Hall–Kier alpha value is -0.380. The van der Waals surface area contributed by atoms with Crippen molar-refractivity contribution in [1.82, 2.24) is 4.90 Å². The van der Waals surface area contributed by atoms with Crippen LogP contribution in [0.25, 0.3) is 0 Å². The molecule has 1 saturated carbocycles. The first-order chi connectivity index (χ1) is 8.24. The third-order valence-corrected chi connectivity index (χ3v) is 4.86. The molecule has 2 nitrogen and oxygen atoms in total. The van der Waals surface area contributed by atoms with Gasteiger partial charge in [-0.3, -0.25) is 0 Å². The lowest BCUT2D eigenvalue weighted by Crippen LogP contribution is -2.37. The normalized spacial score (nSPS) is 19.0. The molecule has 1 aromatic rings. The molecule has 1 aliphatic carbocycles. The highest BCUT2D eigenvalue weighted by molar-refractivity contribution is 7.09. The Morgan fingerprint density at radius 2 is 2.18 bits per heavy atom. The lowest BCUT2D eigenvalue weighted by molar-refractivity contribution is 0.0895. The molecule has 17 heavy (non-hydrogen) atoms. The van der Waals surface area contributed by atoms with Gasteiger partial charge in [-0.15, -0.1) is 11.3 Å². The van der Waals surface area contributed by atoms with Gasteiger partial charge in [0.15, 0.2) is 0 Å². The van der Waals surface area contributed by atoms with Gasteiger partial charge in [0.05, 0.1) is 0 Å². The molecule has 1 aliphatic rings. The number of nitrogens with zero attached hydrogens (tertiary/aromatic N) is 1. The highest BCUT2D eigenvalue weighted by atomic mass is 32.1. The zero-order valence-corrected chi connectivity index (χ0v) is 11.5. The molecule has 0 radical (unpaired) electrons. The molecule has 0 saturated heterocycles. The molecule has 0 unspecified atom stereocenters. The number of rotatable bonds is 6. The predicted octanol–water partition coefficient (Wildman–Crippen LogP) is 2.78. The van der Waals surface area contributed by atoms with Gasteiger partial charge in [0.25, 0.3) is 0 Å². The fraction of sp³-hybridized carbons (Fsp3) is 0.714. The van der Waals surface area contributed by atoms with E-state index in [9.17, 15) is 5.11 Å². The minimum atomic E-state index is 0.199. The summed E-state index contributed by atoms with van der Waals surface area (Å²) < 4.78 is 0. The topological polar surface area (TPSA) is 23.5 Å². The molecule has 0 aliphatic heterocycles. The van der Waals surface area contributed by atoms with E-state index in [0.717, 1.165) is 19.5 Å². The highest BCUT2D eigenvalue weighted by Crippen LogP contribution is 2.38. The third kappa shape index (κ3) is 3.54. The summed E-state index contributed by atoms with van der Waals surface area (Å²) in [5.41, 5.74) is 0.199. The summed E-state index contributed by atoms with van der Waals surface area (Å²) in [4.78, 5) is 3.85. The molecule has 0 bridgehead atoms. The van der Waals surface area contributed by atoms with Crippen LogP contribution in [-0.2, 0) is 6.42 Å². The van der Waals surface area contributed by atoms with Gasteiger partial charge in [-0.25, -0.2) is 0 Å². The molecule has 0 aromatic carbocycles. The van der Waals surface area contributed by atoms with Gasteiger partial charge < -0.3 is 10.0 Å². The first-order valence-electron chi connectivity index (χ1n) is 6.56. The summed E-state index contributed by atoms with van der Waals surface area (Å²) in [6.45, 7) is 2.51. The van der Waals surface area contributed by atoms with E-state index in [4.69, 9.17) is 0 Å². The van der Waals surface area contributed by atoms with E-state index in [0.29, 0.717) is 6.61 Å². The van der Waals surface area contributed by atoms with Crippen LogP contribution in [0.5, 0.6) is 0 Å². The van der Waals surface area contributed by atoms with Gasteiger partial charge >= 0.3 is 0 Å². The van der Waals surface area contributed by atoms with E-state index in [1.807, 2.05) is 11.3 Å². The van der Waals surface area contributed by atoms with Crippen molar-refractivity contribution in [1.29, 1.82) is 0 Å². The highest BCUT2D eigenvalue weighted by Gasteiger charge is 2.33. The van der Waals surface area contributed by atoms with Crippen LogP contribution in [-0.4, -0.2) is 36.8 Å². The number of hydrogen-bond donors (Lipinski definition) is 1. The second-order valence-electron chi connectivity index (χ2n) is 5.43. The molecular weight excluding hydrogens is 230 g/mol. The van der Waals surface area contributed by atoms with Crippen LogP contribution in [0, 0.1) is 5.41 Å². The fourth-order valence-electron chi connectivity index (χ4n) is 2.90. The summed E-state index contributed by atoms with van der Waals surface area (Å²) in [6, 6.07) is 4.32. The number of hydrogen-bond acceptors (Lipinski definition) is 3. The molecule has 0 atom stereocenters. The van der Waals surface area contributed by atoms with Gasteiger partial charge in [0.2, 0.25) is 0 Å². The van der Waals surface area contributed by atoms with Gasteiger partial charge in [0.1, 0.15) is 0 Å². The van der Waals surface area contributed by atoms with Crippen molar-refractivity contribution in [2.75, 3.05) is 26.7 Å². The average Bonchev–Trinajstić information content (AvgIpc) is 2.98. The molecule has 0 spiro atoms. The Kier molecular flexibility index (Phi) is 4.60. The van der Waals surface area contributed by atoms with Crippen molar-refractivity contribution in [2.45, 2.75) is 32.1 Å². The standard InChI is InChI=1S/C14H23NOS/c1-15(9-6-13-5-4-10-17-13)11-14(12-16)7-2-3-8-14/h4-5,10,16H,2-3,6-9,11-12H2,1H3. The summed E-state index contributed by atoms with van der Waals surface area (Å²) in [5.74, 6) is 0. The van der Waals surface area contributed by atoms with Crippen molar-refractivity contribution in [3.63, 3.8) is 0 Å². The van der Waals surface area contributed by atoms with E-state index in [-0.39, 0.29) is 5.41 Å². The van der Waals surface area contributed by atoms with Gasteiger partial charge in [-0.05, 0) is 37.8 Å². The molecule has 2 rings (SSSR count). The second kappa shape index (κ2) is 5.98. The number of likely N-dealkylation sites (N-methyl/N-ethyl adjacent to an activating group) is 1. The third-order valence-electron chi connectivity index (χ3n) is 3.92. The molecule has 3 heteroatoms. The summed E-state index contributed by atoms with van der Waals surface area (Å²) in [5, 5.41) is 11.7. The smallest absolute Gasteiger partial charge is 0.0499 e. The minimum absolute atomic E-state index is 0.199. The summed E-state index contributed by atoms with van der Waals surface area (Å²) in [7, 11) is 2.18. The fourth-order valence-corrected chi connectivity index (χ4v) is 3.60. The maximum Gasteiger partial charge on any atom is 0.0499 e. The predicted molar refractivity (Wildman–Crippen MR) is 73.5 cm³/mol. The molecule has 1 aromatic heterocycles. The monoisotopic (exact) mass is 253 g/mol. The first-order valence-corrected chi connectivity index (χ1v) is 7.44. The first kappa shape index (κ1) is 13.1. The van der Waals surface area contributed by atoms with E-state index in [2.05, 4.69) is 29.5 Å². The lowest BCUT2D eigenvalue weighted by atomic mass is 9.86. The van der Waals surface area contributed by atoms with Crippen molar-refractivity contribution in [3.8, 4) is 0 Å². The van der Waals surface area contributed by atoms with E-state index in [1.54, 1.807) is 0 Å². The van der Waals surface area contributed by atoms with Crippen molar-refractivity contribution < 1.29 is 5.11 Å². The second-order valence-corrected chi connectivity index (χ2v) is 6.46. The number of aliphatic hydroxyl groups excluding tert-OH is 1. The van der Waals surface area contributed by atoms with E-state index in [1.165, 1.54) is 30.6 Å². The Morgan fingerprint density at radius 1 is 1.41 bits per heavy atom. The summed E-state index contributed by atoms with van der Waals surface area (Å²) in [6.07, 6.45) is 6.12. The molecule has 96 valence electrons. The maximum atomic E-state index is 9.59. The van der Waals surface area contributed by atoms with Crippen LogP contribution < -0.4 is 0 Å². The van der Waals surface area contributed by atoms with Crippen LogP contribution in [0.4, 0.5) is 0 Å². The molecule has 1 fully saturated rings. The van der Waals surface area contributed by atoms with Crippen LogP contribution in [0.3, 0.4) is 0 Å². The van der Waals surface area contributed by atoms with Gasteiger partial charge in [0, 0.05) is 30.0 Å². The lowest BCUT2D eigenvalue weighted by Gasteiger charge is -2.31. The Bertz CT molecular complexity index is 317. The van der Waals surface area contributed by atoms with Crippen LogP contribution >= 0.6 is 11.3 Å². The molecule has 1 heterocycles. The van der Waals surface area contributed by atoms with Gasteiger partial charge in [-0.2, -0.15) is 0 Å². The Labute approximate surface area is 108 Å². The number of thiophene rings is 1. The van der Waals surface area contributed by atoms with Crippen molar-refractivity contribution in [3.05, 3.63) is 22.4 Å². The largest absolute Gasteiger partial charge is 0.396 e. The Balaban J connectivity index is 1.78. The van der Waals surface area contributed by atoms with Crippen molar-refractivity contribution in [2.24, 2.45) is 5.41 Å². The maximum absolute atomic E-state index is 9.59. The van der Waals surface area contributed by atoms with Crippen LogP contribution in [0.1, 0.15) is 30.6 Å². The van der Waals surface area contributed by atoms with Crippen LogP contribution in [0.15, 0.2) is 17.5 Å². The average molecular weight is 253 g/mol. The SMILES string of the molecule is CN(CCc1cccs1)CC1(CO)CCCC1. The zero-order valence-electron chi connectivity index (χ0n) is 10.7. The molecule has 0 amide bonds. The quantitative estimate of drug-likeness (QED) is 0.842. The molecule has 1 N–H and O–H groups in total. The molecular formula is C14H23NOS. The zero-order chi connectivity index (χ0) is 12.1.